The number of thioether (sulfide) groups is 1. The first-order valence-electron chi connectivity index (χ1n) is 8.53. The van der Waals surface area contributed by atoms with Crippen LogP contribution in [0.4, 0.5) is 0 Å². The predicted octanol–water partition coefficient (Wildman–Crippen LogP) is 3.57. The molecule has 0 N–H and O–H groups in total. The molecule has 0 bridgehead atoms. The molecule has 130 valence electrons. The van der Waals surface area contributed by atoms with Crippen molar-refractivity contribution in [3.63, 3.8) is 0 Å². The van der Waals surface area contributed by atoms with E-state index in [9.17, 15) is 9.59 Å². The summed E-state index contributed by atoms with van der Waals surface area (Å²) in [6.07, 6.45) is 1.68. The zero-order valence-electron chi connectivity index (χ0n) is 13.9. The number of rotatable bonds is 2. The lowest BCUT2D eigenvalue weighted by molar-refractivity contribution is 0.0500. The molecule has 2 aliphatic heterocycles. The van der Waals surface area contributed by atoms with Crippen LogP contribution in [-0.4, -0.2) is 51.9 Å². The fourth-order valence-corrected chi connectivity index (χ4v) is 5.81. The van der Waals surface area contributed by atoms with Gasteiger partial charge in [-0.2, -0.15) is 0 Å². The average Bonchev–Trinajstić information content (AvgIpc) is 3.32. The molecule has 1 aromatic heterocycles. The molecule has 0 saturated carbocycles. The van der Waals surface area contributed by atoms with Crippen molar-refractivity contribution in [1.82, 2.24) is 9.80 Å². The Labute approximate surface area is 155 Å². The molecule has 0 radical (unpaired) electrons. The van der Waals surface area contributed by atoms with Crippen molar-refractivity contribution in [2.45, 2.75) is 17.7 Å². The highest BCUT2D eigenvalue weighted by Gasteiger charge is 2.47. The SMILES string of the molecule is O=C(c1cccs1)N1CCC2(CC1)SCCN2C(=O)c1ccccc1. The number of hydrogen-bond acceptors (Lipinski definition) is 4. The second-order valence-electron chi connectivity index (χ2n) is 6.39. The van der Waals surface area contributed by atoms with E-state index in [2.05, 4.69) is 0 Å². The number of carbonyl (C=O) groups excluding carboxylic acids is 2. The van der Waals surface area contributed by atoms with Crippen LogP contribution >= 0.6 is 23.1 Å². The summed E-state index contributed by atoms with van der Waals surface area (Å²) >= 11 is 3.37. The van der Waals surface area contributed by atoms with E-state index in [1.54, 1.807) is 0 Å². The molecule has 1 spiro atoms. The van der Waals surface area contributed by atoms with Gasteiger partial charge in [0, 0.05) is 31.0 Å². The Kier molecular flexibility index (Phi) is 4.56. The predicted molar refractivity (Wildman–Crippen MR) is 102 cm³/mol. The normalized spacial score (nSPS) is 19.4. The Morgan fingerprint density at radius 3 is 2.36 bits per heavy atom. The third kappa shape index (κ3) is 3.09. The third-order valence-corrected chi connectivity index (χ3v) is 7.42. The van der Waals surface area contributed by atoms with E-state index in [1.165, 1.54) is 11.3 Å². The van der Waals surface area contributed by atoms with Gasteiger partial charge >= 0.3 is 0 Å². The van der Waals surface area contributed by atoms with E-state index in [-0.39, 0.29) is 16.7 Å². The van der Waals surface area contributed by atoms with Gasteiger partial charge in [-0.15, -0.1) is 23.1 Å². The highest BCUT2D eigenvalue weighted by Crippen LogP contribution is 2.44. The van der Waals surface area contributed by atoms with E-state index >= 15 is 0 Å². The number of likely N-dealkylation sites (tertiary alicyclic amines) is 1. The third-order valence-electron chi connectivity index (χ3n) is 5.01. The first kappa shape index (κ1) is 16.7. The number of benzene rings is 1. The Bertz CT molecular complexity index is 753. The molecule has 2 fully saturated rings. The molecule has 0 unspecified atom stereocenters. The van der Waals surface area contributed by atoms with Crippen molar-refractivity contribution in [2.75, 3.05) is 25.4 Å². The fourth-order valence-electron chi connectivity index (χ4n) is 3.66. The van der Waals surface area contributed by atoms with Gasteiger partial charge in [-0.05, 0) is 36.4 Å². The van der Waals surface area contributed by atoms with E-state index in [4.69, 9.17) is 0 Å². The zero-order valence-corrected chi connectivity index (χ0v) is 15.5. The van der Waals surface area contributed by atoms with Crippen LogP contribution in [0.25, 0.3) is 0 Å². The number of nitrogens with zero attached hydrogens (tertiary/aromatic N) is 2. The summed E-state index contributed by atoms with van der Waals surface area (Å²) in [4.78, 5) is 30.1. The zero-order chi connectivity index (χ0) is 17.3. The number of hydrogen-bond donors (Lipinski definition) is 0. The van der Waals surface area contributed by atoms with Gasteiger partial charge in [0.25, 0.3) is 11.8 Å². The lowest BCUT2D eigenvalue weighted by atomic mass is 10.0. The summed E-state index contributed by atoms with van der Waals surface area (Å²) in [5.41, 5.74) is 0.751. The summed E-state index contributed by atoms with van der Waals surface area (Å²) in [5.74, 6) is 1.20. The van der Waals surface area contributed by atoms with Crippen LogP contribution in [-0.2, 0) is 0 Å². The maximum Gasteiger partial charge on any atom is 0.263 e. The highest BCUT2D eigenvalue weighted by molar-refractivity contribution is 8.00. The molecule has 0 atom stereocenters. The van der Waals surface area contributed by atoms with Crippen molar-refractivity contribution in [1.29, 1.82) is 0 Å². The van der Waals surface area contributed by atoms with Gasteiger partial charge in [0.2, 0.25) is 0 Å². The molecule has 3 heterocycles. The fraction of sp³-hybridized carbons (Fsp3) is 0.368. The van der Waals surface area contributed by atoms with E-state index < -0.39 is 0 Å². The van der Waals surface area contributed by atoms with Gasteiger partial charge in [-0.1, -0.05) is 24.3 Å². The van der Waals surface area contributed by atoms with Crippen LogP contribution in [0, 0.1) is 0 Å². The molecule has 0 aliphatic carbocycles. The van der Waals surface area contributed by atoms with Crippen molar-refractivity contribution in [3.05, 3.63) is 58.3 Å². The molecule has 2 saturated heterocycles. The topological polar surface area (TPSA) is 40.6 Å². The van der Waals surface area contributed by atoms with Crippen LogP contribution in [0.2, 0.25) is 0 Å². The lowest BCUT2D eigenvalue weighted by Gasteiger charge is -2.44. The van der Waals surface area contributed by atoms with Crippen molar-refractivity contribution < 1.29 is 9.59 Å². The molecule has 2 aromatic rings. The molecule has 6 heteroatoms. The van der Waals surface area contributed by atoms with E-state index in [1.807, 2.05) is 69.4 Å². The quantitative estimate of drug-likeness (QED) is 0.809. The van der Waals surface area contributed by atoms with Crippen LogP contribution < -0.4 is 0 Å². The van der Waals surface area contributed by atoms with Gasteiger partial charge in [0.1, 0.15) is 0 Å². The molecule has 2 aliphatic rings. The molecule has 4 nitrogen and oxygen atoms in total. The Hall–Kier alpha value is -1.79. The first-order chi connectivity index (χ1) is 12.2. The summed E-state index contributed by atoms with van der Waals surface area (Å²) in [6, 6.07) is 13.3. The van der Waals surface area contributed by atoms with Gasteiger partial charge in [0.15, 0.2) is 0 Å². The average molecular weight is 373 g/mol. The minimum Gasteiger partial charge on any atom is -0.338 e. The standard InChI is InChI=1S/C19H20N2O2S2/c22-17(15-5-2-1-3-6-15)21-12-14-25-19(21)8-10-20(11-9-19)18(23)16-7-4-13-24-16/h1-7,13H,8-12,14H2. The summed E-state index contributed by atoms with van der Waals surface area (Å²) in [6.45, 7) is 2.21. The van der Waals surface area contributed by atoms with Crippen molar-refractivity contribution in [3.8, 4) is 0 Å². The van der Waals surface area contributed by atoms with Gasteiger partial charge in [-0.25, -0.2) is 0 Å². The molecular formula is C19H20N2O2S2. The number of piperidine rings is 1. The summed E-state index contributed by atoms with van der Waals surface area (Å²) < 4.78 is 0. The van der Waals surface area contributed by atoms with Gasteiger partial charge in [-0.3, -0.25) is 9.59 Å². The van der Waals surface area contributed by atoms with E-state index in [0.717, 1.165) is 35.6 Å². The maximum absolute atomic E-state index is 13.0. The molecule has 25 heavy (non-hydrogen) atoms. The highest BCUT2D eigenvalue weighted by atomic mass is 32.2. The van der Waals surface area contributed by atoms with Crippen LogP contribution in [0.3, 0.4) is 0 Å². The minimum atomic E-state index is -0.154. The molecule has 1 aromatic carbocycles. The van der Waals surface area contributed by atoms with Crippen molar-refractivity contribution in [2.24, 2.45) is 0 Å². The Morgan fingerprint density at radius 1 is 0.920 bits per heavy atom. The summed E-state index contributed by atoms with van der Waals surface area (Å²) in [5, 5.41) is 1.94. The Morgan fingerprint density at radius 2 is 1.68 bits per heavy atom. The van der Waals surface area contributed by atoms with Gasteiger partial charge in [0.05, 0.1) is 9.75 Å². The maximum atomic E-state index is 13.0. The van der Waals surface area contributed by atoms with Gasteiger partial charge < -0.3 is 9.80 Å². The molecule has 2 amide bonds. The first-order valence-corrected chi connectivity index (χ1v) is 10.4. The lowest BCUT2D eigenvalue weighted by Crippen LogP contribution is -2.53. The van der Waals surface area contributed by atoms with Crippen molar-refractivity contribution >= 4 is 34.9 Å². The summed E-state index contributed by atoms with van der Waals surface area (Å²) in [7, 11) is 0. The number of thiophene rings is 1. The Balaban J connectivity index is 1.47. The minimum absolute atomic E-state index is 0.114. The van der Waals surface area contributed by atoms with Crippen LogP contribution in [0.1, 0.15) is 32.9 Å². The second-order valence-corrected chi connectivity index (χ2v) is 8.79. The molecule has 4 rings (SSSR count). The largest absolute Gasteiger partial charge is 0.338 e. The van der Waals surface area contributed by atoms with E-state index in [0.29, 0.717) is 13.1 Å². The van der Waals surface area contributed by atoms with Crippen LogP contribution in [0.5, 0.6) is 0 Å². The smallest absolute Gasteiger partial charge is 0.263 e. The second kappa shape index (κ2) is 6.84. The monoisotopic (exact) mass is 372 g/mol. The number of carbonyl (C=O) groups is 2. The number of amides is 2. The molecular weight excluding hydrogens is 352 g/mol. The van der Waals surface area contributed by atoms with Crippen LogP contribution in [0.15, 0.2) is 47.8 Å².